The van der Waals surface area contributed by atoms with Crippen LogP contribution in [-0.4, -0.2) is 36.5 Å². The molecule has 0 spiro atoms. The van der Waals surface area contributed by atoms with Crippen LogP contribution in [0, 0.1) is 11.8 Å². The molecule has 1 amide bonds. The van der Waals surface area contributed by atoms with Crippen LogP contribution >= 0.6 is 15.9 Å². The third kappa shape index (κ3) is 1.88. The van der Waals surface area contributed by atoms with Gasteiger partial charge in [-0.25, -0.2) is 0 Å². The molecular formula is C14H17BrN2O. The van der Waals surface area contributed by atoms with Gasteiger partial charge in [-0.15, -0.1) is 0 Å². The van der Waals surface area contributed by atoms with Gasteiger partial charge in [0, 0.05) is 30.1 Å². The van der Waals surface area contributed by atoms with E-state index in [1.807, 2.05) is 29.2 Å². The molecule has 2 aliphatic heterocycles. The zero-order chi connectivity index (χ0) is 12.7. The van der Waals surface area contributed by atoms with Crippen molar-refractivity contribution in [2.45, 2.75) is 13.0 Å². The van der Waals surface area contributed by atoms with Crippen LogP contribution in [0.3, 0.4) is 0 Å². The maximum atomic E-state index is 12.6. The summed E-state index contributed by atoms with van der Waals surface area (Å²) in [5, 5.41) is 3.42. The third-order valence-electron chi connectivity index (χ3n) is 4.30. The van der Waals surface area contributed by atoms with Gasteiger partial charge in [0.25, 0.3) is 5.91 Å². The molecular weight excluding hydrogens is 292 g/mol. The van der Waals surface area contributed by atoms with Gasteiger partial charge in [-0.05, 0) is 46.8 Å². The summed E-state index contributed by atoms with van der Waals surface area (Å²) in [6.07, 6.45) is 0. The first-order chi connectivity index (χ1) is 8.68. The highest BCUT2D eigenvalue weighted by Gasteiger charge is 2.43. The van der Waals surface area contributed by atoms with E-state index >= 15 is 0 Å². The number of carbonyl (C=O) groups is 1. The van der Waals surface area contributed by atoms with Gasteiger partial charge in [0.05, 0.1) is 5.56 Å². The molecule has 1 N–H and O–H groups in total. The molecule has 0 saturated carbocycles. The summed E-state index contributed by atoms with van der Waals surface area (Å²) in [5.74, 6) is 1.41. The number of rotatable bonds is 1. The van der Waals surface area contributed by atoms with Crippen molar-refractivity contribution in [1.29, 1.82) is 0 Å². The average Bonchev–Trinajstić information content (AvgIpc) is 2.93. The molecule has 0 aromatic heterocycles. The fourth-order valence-corrected chi connectivity index (χ4v) is 3.68. The van der Waals surface area contributed by atoms with Crippen molar-refractivity contribution < 1.29 is 4.79 Å². The summed E-state index contributed by atoms with van der Waals surface area (Å²) >= 11 is 3.47. The minimum atomic E-state index is 0.157. The van der Waals surface area contributed by atoms with Crippen LogP contribution in [0.25, 0.3) is 0 Å². The second-order valence-electron chi connectivity index (χ2n) is 5.26. The Morgan fingerprint density at radius 1 is 1.39 bits per heavy atom. The van der Waals surface area contributed by atoms with Crippen molar-refractivity contribution in [3.63, 3.8) is 0 Å². The lowest BCUT2D eigenvalue weighted by molar-refractivity contribution is 0.0727. The predicted molar refractivity (Wildman–Crippen MR) is 74.5 cm³/mol. The molecule has 0 bridgehead atoms. The van der Waals surface area contributed by atoms with Gasteiger partial charge in [0.15, 0.2) is 0 Å². The molecule has 3 nitrogen and oxygen atoms in total. The Bertz CT molecular complexity index is 477. The lowest BCUT2D eigenvalue weighted by Gasteiger charge is -2.25. The van der Waals surface area contributed by atoms with Crippen LogP contribution in [0.4, 0.5) is 0 Å². The number of likely N-dealkylation sites (tertiary alicyclic amines) is 1. The van der Waals surface area contributed by atoms with Gasteiger partial charge in [-0.3, -0.25) is 4.79 Å². The maximum absolute atomic E-state index is 12.6. The van der Waals surface area contributed by atoms with Gasteiger partial charge >= 0.3 is 0 Å². The molecule has 2 fully saturated rings. The van der Waals surface area contributed by atoms with E-state index in [0.29, 0.717) is 17.9 Å². The van der Waals surface area contributed by atoms with Crippen molar-refractivity contribution in [3.8, 4) is 0 Å². The van der Waals surface area contributed by atoms with E-state index in [9.17, 15) is 4.79 Å². The topological polar surface area (TPSA) is 32.3 Å². The Hall–Kier alpha value is -0.870. The largest absolute Gasteiger partial charge is 0.335 e. The fourth-order valence-electron chi connectivity index (χ4n) is 3.23. The van der Waals surface area contributed by atoms with Crippen LogP contribution in [0.15, 0.2) is 28.7 Å². The Morgan fingerprint density at radius 2 is 2.17 bits per heavy atom. The highest BCUT2D eigenvalue weighted by Crippen LogP contribution is 2.34. The van der Waals surface area contributed by atoms with Crippen molar-refractivity contribution in [2.24, 2.45) is 11.8 Å². The summed E-state index contributed by atoms with van der Waals surface area (Å²) in [6.45, 7) is 5.16. The van der Waals surface area contributed by atoms with E-state index in [2.05, 4.69) is 28.2 Å². The molecule has 0 aliphatic carbocycles. The number of nitrogens with zero attached hydrogens (tertiary/aromatic N) is 1. The van der Waals surface area contributed by atoms with Crippen molar-refractivity contribution in [2.75, 3.05) is 19.6 Å². The monoisotopic (exact) mass is 308 g/mol. The quantitative estimate of drug-likeness (QED) is 0.862. The molecule has 3 unspecified atom stereocenters. The number of benzene rings is 1. The maximum Gasteiger partial charge on any atom is 0.255 e. The molecule has 3 atom stereocenters. The number of nitrogens with one attached hydrogen (secondary N) is 1. The number of halogens is 1. The third-order valence-corrected chi connectivity index (χ3v) is 4.99. The number of amides is 1. The number of hydrogen-bond acceptors (Lipinski definition) is 2. The van der Waals surface area contributed by atoms with Crippen LogP contribution < -0.4 is 5.32 Å². The van der Waals surface area contributed by atoms with Gasteiger partial charge in [0.2, 0.25) is 0 Å². The summed E-state index contributed by atoms with van der Waals surface area (Å²) in [7, 11) is 0. The summed E-state index contributed by atoms with van der Waals surface area (Å²) in [6, 6.07) is 8.01. The smallest absolute Gasteiger partial charge is 0.255 e. The molecule has 2 heterocycles. The highest BCUT2D eigenvalue weighted by atomic mass is 79.9. The van der Waals surface area contributed by atoms with E-state index in [1.54, 1.807) is 0 Å². The number of hydrogen-bond donors (Lipinski definition) is 1. The number of carbonyl (C=O) groups excluding carboxylic acids is 1. The Labute approximate surface area is 116 Å². The molecule has 4 heteroatoms. The van der Waals surface area contributed by atoms with Gasteiger partial charge in [-0.2, -0.15) is 0 Å². The van der Waals surface area contributed by atoms with Gasteiger partial charge in [-0.1, -0.05) is 12.1 Å². The van der Waals surface area contributed by atoms with Gasteiger partial charge < -0.3 is 10.2 Å². The molecule has 2 aliphatic rings. The Balaban J connectivity index is 1.84. The van der Waals surface area contributed by atoms with Crippen molar-refractivity contribution >= 4 is 21.8 Å². The number of fused-ring (bicyclic) bond motifs is 1. The molecule has 96 valence electrons. The first-order valence-electron chi connectivity index (χ1n) is 6.44. The fraction of sp³-hybridized carbons (Fsp3) is 0.500. The van der Waals surface area contributed by atoms with Crippen LogP contribution in [-0.2, 0) is 0 Å². The normalized spacial score (nSPS) is 30.6. The van der Waals surface area contributed by atoms with Crippen molar-refractivity contribution in [3.05, 3.63) is 34.3 Å². The van der Waals surface area contributed by atoms with Crippen molar-refractivity contribution in [1.82, 2.24) is 10.2 Å². The average molecular weight is 309 g/mol. The summed E-state index contributed by atoms with van der Waals surface area (Å²) in [5.41, 5.74) is 0.775. The Morgan fingerprint density at radius 3 is 2.89 bits per heavy atom. The zero-order valence-corrected chi connectivity index (χ0v) is 12.0. The van der Waals surface area contributed by atoms with Crippen LogP contribution in [0.2, 0.25) is 0 Å². The molecule has 1 aromatic carbocycles. The first kappa shape index (κ1) is 12.2. The standard InChI is InChI=1S/C14H17BrN2O/c1-9-12-7-16-6-10(12)8-17(9)14(18)11-4-2-3-5-13(11)15/h2-5,9-10,12,16H,6-8H2,1H3. The zero-order valence-electron chi connectivity index (χ0n) is 10.4. The summed E-state index contributed by atoms with van der Waals surface area (Å²) < 4.78 is 0.886. The Kier molecular flexibility index (Phi) is 3.16. The highest BCUT2D eigenvalue weighted by molar-refractivity contribution is 9.10. The lowest BCUT2D eigenvalue weighted by Crippen LogP contribution is -2.38. The van der Waals surface area contributed by atoms with E-state index < -0.39 is 0 Å². The molecule has 3 rings (SSSR count). The minimum Gasteiger partial charge on any atom is -0.335 e. The minimum absolute atomic E-state index is 0.157. The van der Waals surface area contributed by atoms with E-state index in [-0.39, 0.29) is 5.91 Å². The SMILES string of the molecule is CC1C2CNCC2CN1C(=O)c1ccccc1Br. The first-order valence-corrected chi connectivity index (χ1v) is 7.24. The predicted octanol–water partition coefficient (Wildman–Crippen LogP) is 2.13. The van der Waals surface area contributed by atoms with E-state index in [0.717, 1.165) is 29.7 Å². The lowest BCUT2D eigenvalue weighted by atomic mass is 9.95. The van der Waals surface area contributed by atoms with Gasteiger partial charge in [0.1, 0.15) is 0 Å². The van der Waals surface area contributed by atoms with Crippen LogP contribution in [0.5, 0.6) is 0 Å². The van der Waals surface area contributed by atoms with Crippen LogP contribution in [0.1, 0.15) is 17.3 Å². The molecule has 0 radical (unpaired) electrons. The second-order valence-corrected chi connectivity index (χ2v) is 6.11. The molecule has 18 heavy (non-hydrogen) atoms. The summed E-state index contributed by atoms with van der Waals surface area (Å²) in [4.78, 5) is 14.6. The van der Waals surface area contributed by atoms with E-state index in [4.69, 9.17) is 0 Å². The molecule has 1 aromatic rings. The second kappa shape index (κ2) is 4.67. The molecule has 2 saturated heterocycles. The van der Waals surface area contributed by atoms with E-state index in [1.165, 1.54) is 0 Å².